The fraction of sp³-hybridized carbons (Fsp3) is 0.333. The molecule has 1 aromatic carbocycles. The Labute approximate surface area is 104 Å². The van der Waals surface area contributed by atoms with Crippen LogP contribution in [0.1, 0.15) is 24.4 Å². The van der Waals surface area contributed by atoms with E-state index in [2.05, 4.69) is 46.8 Å². The minimum atomic E-state index is 0.329. The third-order valence-corrected chi connectivity index (χ3v) is 3.91. The standard InChI is InChI=1S/C12H14N4S/c1-2-11-13-14-12-16(11)15-10(8-17-12)9-6-4-3-5-7-9/h3-7,10,15H,2,8H2,1H3. The highest BCUT2D eigenvalue weighted by atomic mass is 32.2. The highest BCUT2D eigenvalue weighted by molar-refractivity contribution is 7.99. The molecule has 2 aromatic rings. The van der Waals surface area contributed by atoms with Gasteiger partial charge < -0.3 is 5.43 Å². The molecule has 0 radical (unpaired) electrons. The predicted molar refractivity (Wildman–Crippen MR) is 68.7 cm³/mol. The molecule has 1 aliphatic heterocycles. The van der Waals surface area contributed by atoms with E-state index in [4.69, 9.17) is 0 Å². The van der Waals surface area contributed by atoms with Gasteiger partial charge in [-0.05, 0) is 5.56 Å². The van der Waals surface area contributed by atoms with Gasteiger partial charge in [0.05, 0.1) is 6.04 Å². The molecular weight excluding hydrogens is 232 g/mol. The quantitative estimate of drug-likeness (QED) is 0.882. The van der Waals surface area contributed by atoms with Crippen molar-refractivity contribution >= 4 is 11.8 Å². The van der Waals surface area contributed by atoms with Crippen LogP contribution in [0.2, 0.25) is 0 Å². The van der Waals surface area contributed by atoms with Crippen molar-refractivity contribution in [3.63, 3.8) is 0 Å². The zero-order valence-corrected chi connectivity index (χ0v) is 10.4. The molecule has 0 fully saturated rings. The average molecular weight is 246 g/mol. The van der Waals surface area contributed by atoms with Gasteiger partial charge in [0.15, 0.2) is 5.82 Å². The van der Waals surface area contributed by atoms with Crippen LogP contribution < -0.4 is 5.43 Å². The summed E-state index contributed by atoms with van der Waals surface area (Å²) < 4.78 is 2.02. The Bertz CT molecular complexity index is 495. The van der Waals surface area contributed by atoms with Crippen LogP contribution in [0.15, 0.2) is 35.5 Å². The lowest BCUT2D eigenvalue weighted by Crippen LogP contribution is -2.28. The van der Waals surface area contributed by atoms with Crippen LogP contribution in [0.3, 0.4) is 0 Å². The number of aryl methyl sites for hydroxylation is 1. The average Bonchev–Trinajstić information content (AvgIpc) is 2.81. The minimum Gasteiger partial charge on any atom is -0.314 e. The topological polar surface area (TPSA) is 42.7 Å². The van der Waals surface area contributed by atoms with E-state index in [9.17, 15) is 0 Å². The van der Waals surface area contributed by atoms with Crippen molar-refractivity contribution in [3.8, 4) is 0 Å². The lowest BCUT2D eigenvalue weighted by Gasteiger charge is -2.26. The van der Waals surface area contributed by atoms with Gasteiger partial charge in [0.25, 0.3) is 0 Å². The van der Waals surface area contributed by atoms with Crippen LogP contribution in [0.5, 0.6) is 0 Å². The zero-order valence-electron chi connectivity index (χ0n) is 9.63. The Hall–Kier alpha value is -1.49. The summed E-state index contributed by atoms with van der Waals surface area (Å²) in [4.78, 5) is 0. The second-order valence-electron chi connectivity index (χ2n) is 3.99. The second kappa shape index (κ2) is 4.41. The van der Waals surface area contributed by atoms with E-state index in [1.807, 2.05) is 10.7 Å². The number of nitrogens with one attached hydrogen (secondary N) is 1. The molecular formula is C12H14N4S. The molecule has 88 valence electrons. The molecule has 1 aromatic heterocycles. The smallest absolute Gasteiger partial charge is 0.210 e. The van der Waals surface area contributed by atoms with Crippen molar-refractivity contribution in [2.24, 2.45) is 0 Å². The molecule has 0 saturated heterocycles. The molecule has 17 heavy (non-hydrogen) atoms. The van der Waals surface area contributed by atoms with Gasteiger partial charge in [-0.2, -0.15) is 0 Å². The first-order valence-electron chi connectivity index (χ1n) is 5.77. The van der Waals surface area contributed by atoms with E-state index in [-0.39, 0.29) is 0 Å². The molecule has 1 unspecified atom stereocenters. The van der Waals surface area contributed by atoms with Gasteiger partial charge in [-0.15, -0.1) is 10.2 Å². The Kier molecular flexibility index (Phi) is 2.76. The summed E-state index contributed by atoms with van der Waals surface area (Å²) in [7, 11) is 0. The van der Waals surface area contributed by atoms with Crippen molar-refractivity contribution in [2.45, 2.75) is 24.5 Å². The molecule has 0 aliphatic carbocycles. The molecule has 1 N–H and O–H groups in total. The number of hydrogen-bond acceptors (Lipinski definition) is 4. The summed E-state index contributed by atoms with van der Waals surface area (Å²) in [5, 5.41) is 9.31. The third-order valence-electron chi connectivity index (χ3n) is 2.88. The molecule has 1 aliphatic rings. The minimum absolute atomic E-state index is 0.329. The van der Waals surface area contributed by atoms with E-state index in [1.165, 1.54) is 5.56 Å². The van der Waals surface area contributed by atoms with Crippen LogP contribution in [0.4, 0.5) is 0 Å². The molecule has 5 heteroatoms. The van der Waals surface area contributed by atoms with Crippen molar-refractivity contribution < 1.29 is 0 Å². The lowest BCUT2D eigenvalue weighted by molar-refractivity contribution is 0.636. The van der Waals surface area contributed by atoms with Gasteiger partial charge in [0, 0.05) is 12.2 Å². The van der Waals surface area contributed by atoms with Gasteiger partial charge in [0.2, 0.25) is 5.16 Å². The monoisotopic (exact) mass is 246 g/mol. The first-order chi connectivity index (χ1) is 8.38. The number of aromatic nitrogens is 3. The summed E-state index contributed by atoms with van der Waals surface area (Å²) in [5.74, 6) is 1.99. The van der Waals surface area contributed by atoms with E-state index in [0.29, 0.717) is 6.04 Å². The lowest BCUT2D eigenvalue weighted by atomic mass is 10.1. The van der Waals surface area contributed by atoms with Gasteiger partial charge in [-0.1, -0.05) is 49.0 Å². The number of rotatable bonds is 2. The summed E-state index contributed by atoms with van der Waals surface area (Å²) in [6.07, 6.45) is 0.891. The highest BCUT2D eigenvalue weighted by Crippen LogP contribution is 2.29. The van der Waals surface area contributed by atoms with Crippen molar-refractivity contribution in [3.05, 3.63) is 41.7 Å². The molecule has 1 atom stereocenters. The maximum absolute atomic E-state index is 4.17. The largest absolute Gasteiger partial charge is 0.314 e. The first kappa shape index (κ1) is 10.7. The van der Waals surface area contributed by atoms with Crippen LogP contribution in [0.25, 0.3) is 0 Å². The SMILES string of the molecule is CCc1nnc2n1NC(c1ccccc1)CS2. The molecule has 0 bridgehead atoms. The van der Waals surface area contributed by atoms with Crippen molar-refractivity contribution in [1.82, 2.24) is 14.9 Å². The summed E-state index contributed by atoms with van der Waals surface area (Å²) in [5.41, 5.74) is 4.79. The molecule has 0 saturated carbocycles. The van der Waals surface area contributed by atoms with Crippen LogP contribution in [-0.2, 0) is 6.42 Å². The summed E-state index contributed by atoms with van der Waals surface area (Å²) in [6, 6.07) is 10.8. The van der Waals surface area contributed by atoms with Crippen LogP contribution in [-0.4, -0.2) is 20.6 Å². The summed E-state index contributed by atoms with van der Waals surface area (Å²) >= 11 is 1.75. The van der Waals surface area contributed by atoms with Gasteiger partial charge in [0.1, 0.15) is 0 Å². The fourth-order valence-corrected chi connectivity index (χ4v) is 2.93. The Morgan fingerprint density at radius 2 is 2.18 bits per heavy atom. The third kappa shape index (κ3) is 1.91. The number of hydrogen-bond donors (Lipinski definition) is 1. The molecule has 3 rings (SSSR count). The van der Waals surface area contributed by atoms with E-state index < -0.39 is 0 Å². The van der Waals surface area contributed by atoms with Crippen LogP contribution in [0, 0.1) is 0 Å². The molecule has 2 heterocycles. The molecule has 0 amide bonds. The maximum atomic E-state index is 4.17. The Morgan fingerprint density at radius 1 is 1.35 bits per heavy atom. The second-order valence-corrected chi connectivity index (χ2v) is 4.98. The van der Waals surface area contributed by atoms with Gasteiger partial charge in [-0.3, -0.25) is 0 Å². The number of benzene rings is 1. The fourth-order valence-electron chi connectivity index (χ4n) is 1.96. The number of nitrogens with zero attached hydrogens (tertiary/aromatic N) is 3. The number of fused-ring (bicyclic) bond motifs is 1. The van der Waals surface area contributed by atoms with E-state index in [0.717, 1.165) is 23.2 Å². The van der Waals surface area contributed by atoms with Crippen molar-refractivity contribution in [2.75, 3.05) is 11.2 Å². The Morgan fingerprint density at radius 3 is 2.94 bits per heavy atom. The van der Waals surface area contributed by atoms with Crippen LogP contribution >= 0.6 is 11.8 Å². The predicted octanol–water partition coefficient (Wildman–Crippen LogP) is 2.23. The maximum Gasteiger partial charge on any atom is 0.210 e. The normalized spacial score (nSPS) is 18.5. The number of thioether (sulfide) groups is 1. The summed E-state index contributed by atoms with van der Waals surface area (Å²) in [6.45, 7) is 2.09. The Balaban J connectivity index is 1.89. The van der Waals surface area contributed by atoms with E-state index >= 15 is 0 Å². The van der Waals surface area contributed by atoms with Gasteiger partial charge >= 0.3 is 0 Å². The van der Waals surface area contributed by atoms with Gasteiger partial charge in [-0.25, -0.2) is 4.68 Å². The van der Waals surface area contributed by atoms with E-state index in [1.54, 1.807) is 11.8 Å². The molecule has 0 spiro atoms. The molecule has 4 nitrogen and oxygen atoms in total. The zero-order chi connectivity index (χ0) is 11.7. The first-order valence-corrected chi connectivity index (χ1v) is 6.75. The van der Waals surface area contributed by atoms with Crippen molar-refractivity contribution in [1.29, 1.82) is 0 Å². The highest BCUT2D eigenvalue weighted by Gasteiger charge is 2.22.